The minimum atomic E-state index is -1.64. The van der Waals surface area contributed by atoms with E-state index in [1.54, 1.807) is 42.5 Å². The van der Waals surface area contributed by atoms with Gasteiger partial charge < -0.3 is 15.2 Å². The molecule has 1 aliphatic rings. The molecule has 4 heteroatoms. The Morgan fingerprint density at radius 3 is 2.55 bits per heavy atom. The third-order valence-electron chi connectivity index (χ3n) is 3.48. The molecule has 0 bridgehead atoms. The standard InChI is InChI=1S/C16H15NO3/c1-2-20-12-9-7-11(8-10-12)16(19)13-5-3-4-6-14(13)17-15(16)18/h3-10,19H,2H2,1H3,(H,17,18). The highest BCUT2D eigenvalue weighted by atomic mass is 16.5. The number of nitrogens with one attached hydrogen (secondary N) is 1. The van der Waals surface area contributed by atoms with Gasteiger partial charge in [0.25, 0.3) is 5.91 Å². The van der Waals surface area contributed by atoms with E-state index >= 15 is 0 Å². The Hall–Kier alpha value is -2.33. The van der Waals surface area contributed by atoms with E-state index in [1.165, 1.54) is 0 Å². The first-order chi connectivity index (χ1) is 9.66. The molecular formula is C16H15NO3. The van der Waals surface area contributed by atoms with Gasteiger partial charge in [-0.2, -0.15) is 0 Å². The van der Waals surface area contributed by atoms with Crippen LogP contribution in [0.25, 0.3) is 0 Å². The number of rotatable bonds is 3. The normalized spacial score (nSPS) is 20.4. The minimum absolute atomic E-state index is 0.428. The highest BCUT2D eigenvalue weighted by Crippen LogP contribution is 2.40. The van der Waals surface area contributed by atoms with Crippen LogP contribution in [0.1, 0.15) is 18.1 Å². The van der Waals surface area contributed by atoms with E-state index in [2.05, 4.69) is 5.32 Å². The number of hydrogen-bond donors (Lipinski definition) is 2. The summed E-state index contributed by atoms with van der Waals surface area (Å²) in [4.78, 5) is 12.2. The van der Waals surface area contributed by atoms with Crippen molar-refractivity contribution in [2.45, 2.75) is 12.5 Å². The van der Waals surface area contributed by atoms with Gasteiger partial charge in [0, 0.05) is 11.3 Å². The largest absolute Gasteiger partial charge is 0.494 e. The molecule has 0 saturated carbocycles. The molecule has 1 heterocycles. The lowest BCUT2D eigenvalue weighted by molar-refractivity contribution is -0.129. The van der Waals surface area contributed by atoms with Gasteiger partial charge in [0.1, 0.15) is 5.75 Å². The summed E-state index contributed by atoms with van der Waals surface area (Å²) in [6, 6.07) is 14.1. The van der Waals surface area contributed by atoms with E-state index < -0.39 is 11.5 Å². The van der Waals surface area contributed by atoms with Crippen LogP contribution in [-0.4, -0.2) is 17.6 Å². The molecule has 2 aromatic carbocycles. The molecule has 1 amide bonds. The van der Waals surface area contributed by atoms with Crippen LogP contribution in [0.3, 0.4) is 0 Å². The molecule has 0 spiro atoms. The van der Waals surface area contributed by atoms with E-state index in [4.69, 9.17) is 4.74 Å². The molecule has 1 unspecified atom stereocenters. The first kappa shape index (κ1) is 12.7. The number of fused-ring (bicyclic) bond motifs is 1. The maximum Gasteiger partial charge on any atom is 0.265 e. The molecule has 1 atom stereocenters. The molecule has 1 aliphatic heterocycles. The molecule has 0 radical (unpaired) electrons. The van der Waals surface area contributed by atoms with Crippen LogP contribution in [0.5, 0.6) is 5.75 Å². The Bertz CT molecular complexity index is 651. The number of anilines is 1. The van der Waals surface area contributed by atoms with Crippen molar-refractivity contribution in [1.29, 1.82) is 0 Å². The molecule has 102 valence electrons. The summed E-state index contributed by atoms with van der Waals surface area (Å²) in [6.07, 6.45) is 0. The van der Waals surface area contributed by atoms with Gasteiger partial charge in [-0.1, -0.05) is 30.3 Å². The quantitative estimate of drug-likeness (QED) is 0.898. The van der Waals surface area contributed by atoms with Crippen molar-refractivity contribution in [3.8, 4) is 5.75 Å². The number of amides is 1. The number of carbonyl (C=O) groups excluding carboxylic acids is 1. The number of aliphatic hydroxyl groups is 1. The average molecular weight is 269 g/mol. The predicted octanol–water partition coefficient (Wildman–Crippen LogP) is 2.27. The van der Waals surface area contributed by atoms with Gasteiger partial charge in [0.05, 0.1) is 6.61 Å². The second-order valence-electron chi connectivity index (χ2n) is 4.67. The van der Waals surface area contributed by atoms with E-state index in [-0.39, 0.29) is 0 Å². The van der Waals surface area contributed by atoms with Gasteiger partial charge in [-0.05, 0) is 30.7 Å². The average Bonchev–Trinajstić information content (AvgIpc) is 2.73. The van der Waals surface area contributed by atoms with Crippen LogP contribution in [0.4, 0.5) is 5.69 Å². The van der Waals surface area contributed by atoms with Crippen molar-refractivity contribution in [3.05, 3.63) is 59.7 Å². The Morgan fingerprint density at radius 1 is 1.15 bits per heavy atom. The molecule has 2 N–H and O–H groups in total. The van der Waals surface area contributed by atoms with Crippen LogP contribution < -0.4 is 10.1 Å². The second kappa shape index (κ2) is 4.65. The van der Waals surface area contributed by atoms with E-state index in [0.717, 1.165) is 0 Å². The van der Waals surface area contributed by atoms with Gasteiger partial charge in [-0.15, -0.1) is 0 Å². The van der Waals surface area contributed by atoms with Gasteiger partial charge in [0.15, 0.2) is 5.60 Å². The van der Waals surface area contributed by atoms with Crippen LogP contribution in [0, 0.1) is 0 Å². The zero-order chi connectivity index (χ0) is 14.2. The number of benzene rings is 2. The zero-order valence-corrected chi connectivity index (χ0v) is 11.1. The predicted molar refractivity (Wildman–Crippen MR) is 75.7 cm³/mol. The summed E-state index contributed by atoms with van der Waals surface area (Å²) in [5.41, 5.74) is 0.118. The molecule has 0 aliphatic carbocycles. The number of carbonyl (C=O) groups is 1. The van der Waals surface area contributed by atoms with Crippen molar-refractivity contribution in [1.82, 2.24) is 0 Å². The first-order valence-electron chi connectivity index (χ1n) is 6.53. The summed E-state index contributed by atoms with van der Waals surface area (Å²) < 4.78 is 5.37. The van der Waals surface area contributed by atoms with Gasteiger partial charge in [-0.25, -0.2) is 0 Å². The lowest BCUT2D eigenvalue weighted by atomic mass is 9.87. The molecular weight excluding hydrogens is 254 g/mol. The number of para-hydroxylation sites is 1. The van der Waals surface area contributed by atoms with Crippen LogP contribution in [0.2, 0.25) is 0 Å². The molecule has 0 fully saturated rings. The summed E-state index contributed by atoms with van der Waals surface area (Å²) in [5, 5.41) is 13.6. The SMILES string of the molecule is CCOc1ccc(C2(O)C(=O)Nc3ccccc32)cc1. The zero-order valence-electron chi connectivity index (χ0n) is 11.1. The summed E-state index contributed by atoms with van der Waals surface area (Å²) in [5.74, 6) is 0.286. The fourth-order valence-corrected chi connectivity index (χ4v) is 2.49. The van der Waals surface area contributed by atoms with Crippen LogP contribution in [0.15, 0.2) is 48.5 Å². The third kappa shape index (κ3) is 1.77. The molecule has 20 heavy (non-hydrogen) atoms. The van der Waals surface area contributed by atoms with E-state index in [1.807, 2.05) is 13.0 Å². The van der Waals surface area contributed by atoms with Gasteiger partial charge in [0.2, 0.25) is 0 Å². The maximum absolute atomic E-state index is 12.2. The Balaban J connectivity index is 2.06. The summed E-state index contributed by atoms with van der Waals surface area (Å²) >= 11 is 0. The second-order valence-corrected chi connectivity index (χ2v) is 4.67. The Labute approximate surface area is 117 Å². The molecule has 0 aromatic heterocycles. The van der Waals surface area contributed by atoms with Crippen molar-refractivity contribution in [2.75, 3.05) is 11.9 Å². The Morgan fingerprint density at radius 2 is 1.85 bits per heavy atom. The summed E-state index contributed by atoms with van der Waals surface area (Å²) in [6.45, 7) is 2.48. The topological polar surface area (TPSA) is 58.6 Å². The van der Waals surface area contributed by atoms with E-state index in [9.17, 15) is 9.90 Å². The first-order valence-corrected chi connectivity index (χ1v) is 6.53. The molecule has 2 aromatic rings. The minimum Gasteiger partial charge on any atom is -0.494 e. The Kier molecular flexibility index (Phi) is 2.95. The molecule has 4 nitrogen and oxygen atoms in total. The van der Waals surface area contributed by atoms with Crippen LogP contribution in [-0.2, 0) is 10.4 Å². The molecule has 0 saturated heterocycles. The van der Waals surface area contributed by atoms with Crippen LogP contribution >= 0.6 is 0 Å². The number of hydrogen-bond acceptors (Lipinski definition) is 3. The van der Waals surface area contributed by atoms with Gasteiger partial charge in [-0.3, -0.25) is 4.79 Å². The smallest absolute Gasteiger partial charge is 0.265 e. The summed E-state index contributed by atoms with van der Waals surface area (Å²) in [7, 11) is 0. The maximum atomic E-state index is 12.2. The van der Waals surface area contributed by atoms with Crippen molar-refractivity contribution in [3.63, 3.8) is 0 Å². The lowest BCUT2D eigenvalue weighted by Crippen LogP contribution is -2.35. The highest BCUT2D eigenvalue weighted by molar-refractivity contribution is 6.07. The monoisotopic (exact) mass is 269 g/mol. The van der Waals surface area contributed by atoms with E-state index in [0.29, 0.717) is 29.2 Å². The highest BCUT2D eigenvalue weighted by Gasteiger charge is 2.46. The fourth-order valence-electron chi connectivity index (χ4n) is 2.49. The molecule has 3 rings (SSSR count). The third-order valence-corrected chi connectivity index (χ3v) is 3.48. The van der Waals surface area contributed by atoms with Gasteiger partial charge >= 0.3 is 0 Å². The van der Waals surface area contributed by atoms with Crippen molar-refractivity contribution >= 4 is 11.6 Å². The van der Waals surface area contributed by atoms with Crippen molar-refractivity contribution < 1.29 is 14.6 Å². The lowest BCUT2D eigenvalue weighted by Gasteiger charge is -2.21. The fraction of sp³-hybridized carbons (Fsp3) is 0.188. The number of ether oxygens (including phenoxy) is 1. The van der Waals surface area contributed by atoms with Crippen molar-refractivity contribution in [2.24, 2.45) is 0 Å².